The maximum atomic E-state index is 11.5. The van der Waals surface area contributed by atoms with E-state index >= 15 is 0 Å². The molecule has 17 heavy (non-hydrogen) atoms. The number of alkyl carbamates (subject to hydrolysis) is 1. The summed E-state index contributed by atoms with van der Waals surface area (Å²) in [5, 5.41) is 11.8. The first-order valence-corrected chi connectivity index (χ1v) is 6.10. The van der Waals surface area contributed by atoms with E-state index in [9.17, 15) is 4.79 Å². The molecule has 0 aliphatic rings. The zero-order valence-corrected chi connectivity index (χ0v) is 11.2. The first kappa shape index (κ1) is 16.0. The predicted molar refractivity (Wildman–Crippen MR) is 68.9 cm³/mol. The molecule has 0 aromatic rings. The number of carbonyl (C=O) groups excluding carboxylic acids is 1. The summed E-state index contributed by atoms with van der Waals surface area (Å²) in [6, 6.07) is -0.227. The van der Waals surface area contributed by atoms with Crippen molar-refractivity contribution in [3.05, 3.63) is 12.7 Å². The number of hydrogen-bond acceptors (Lipinski definition) is 3. The van der Waals surface area contributed by atoms with Gasteiger partial charge in [0.1, 0.15) is 5.60 Å². The molecule has 0 heterocycles. The van der Waals surface area contributed by atoms with Crippen LogP contribution >= 0.6 is 0 Å². The van der Waals surface area contributed by atoms with Crippen molar-refractivity contribution >= 4 is 6.09 Å². The van der Waals surface area contributed by atoms with Crippen LogP contribution in [0.1, 0.15) is 46.5 Å². The number of unbranched alkanes of at least 4 members (excludes halogenated alkanes) is 2. The first-order chi connectivity index (χ1) is 7.89. The Morgan fingerprint density at radius 2 is 2.12 bits per heavy atom. The van der Waals surface area contributed by atoms with Crippen molar-refractivity contribution in [2.75, 3.05) is 6.61 Å². The van der Waals surface area contributed by atoms with E-state index < -0.39 is 11.7 Å². The molecule has 0 aliphatic heterocycles. The Kier molecular flexibility index (Phi) is 7.63. The fourth-order valence-electron chi connectivity index (χ4n) is 1.36. The summed E-state index contributed by atoms with van der Waals surface area (Å²) in [5.74, 6) is 0. The van der Waals surface area contributed by atoms with Crippen molar-refractivity contribution in [1.29, 1.82) is 0 Å². The highest BCUT2D eigenvalue weighted by atomic mass is 16.6. The maximum Gasteiger partial charge on any atom is 0.407 e. The fraction of sp³-hybridized carbons (Fsp3) is 0.769. The van der Waals surface area contributed by atoms with E-state index in [0.29, 0.717) is 0 Å². The molecule has 0 spiro atoms. The number of aliphatic hydroxyl groups excluding tert-OH is 1. The molecule has 4 nitrogen and oxygen atoms in total. The van der Waals surface area contributed by atoms with Crippen molar-refractivity contribution in [2.45, 2.75) is 58.1 Å². The molecular weight excluding hydrogens is 218 g/mol. The van der Waals surface area contributed by atoms with Gasteiger partial charge in [-0.05, 0) is 40.0 Å². The number of aliphatic hydroxyl groups is 1. The number of rotatable bonds is 7. The van der Waals surface area contributed by atoms with E-state index in [-0.39, 0.29) is 12.6 Å². The fourth-order valence-corrected chi connectivity index (χ4v) is 1.36. The van der Waals surface area contributed by atoms with E-state index in [1.165, 1.54) is 0 Å². The number of carbonyl (C=O) groups is 1. The van der Waals surface area contributed by atoms with Crippen LogP contribution in [-0.2, 0) is 4.74 Å². The molecule has 1 unspecified atom stereocenters. The van der Waals surface area contributed by atoms with E-state index in [4.69, 9.17) is 9.84 Å². The Morgan fingerprint density at radius 3 is 2.59 bits per heavy atom. The van der Waals surface area contributed by atoms with Gasteiger partial charge in [-0.15, -0.1) is 6.58 Å². The Bertz CT molecular complexity index is 233. The second kappa shape index (κ2) is 8.12. The first-order valence-electron chi connectivity index (χ1n) is 6.10. The van der Waals surface area contributed by atoms with Crippen LogP contribution in [-0.4, -0.2) is 29.4 Å². The number of allylic oxidation sites excluding steroid dienone is 1. The molecule has 0 bridgehead atoms. The van der Waals surface area contributed by atoms with Gasteiger partial charge in [0.15, 0.2) is 0 Å². The van der Waals surface area contributed by atoms with Gasteiger partial charge in [-0.3, -0.25) is 0 Å². The molecule has 1 atom stereocenters. The lowest BCUT2D eigenvalue weighted by Gasteiger charge is -2.22. The molecule has 0 radical (unpaired) electrons. The monoisotopic (exact) mass is 243 g/mol. The number of nitrogens with one attached hydrogen (secondary N) is 1. The summed E-state index contributed by atoms with van der Waals surface area (Å²) in [6.07, 6.45) is 5.09. The van der Waals surface area contributed by atoms with Gasteiger partial charge in [0.2, 0.25) is 0 Å². The van der Waals surface area contributed by atoms with Gasteiger partial charge in [0, 0.05) is 0 Å². The van der Waals surface area contributed by atoms with E-state index in [2.05, 4.69) is 11.9 Å². The summed E-state index contributed by atoms with van der Waals surface area (Å²) < 4.78 is 5.12. The lowest BCUT2D eigenvalue weighted by molar-refractivity contribution is 0.0478. The standard InChI is InChI=1S/C13H25NO3/c1-5-6-7-8-9-11(10-15)14-12(16)17-13(2,3)4/h5,11,15H,1,6-10H2,2-4H3,(H,14,16). The van der Waals surface area contributed by atoms with Gasteiger partial charge in [-0.2, -0.15) is 0 Å². The van der Waals surface area contributed by atoms with Crippen LogP contribution in [0.15, 0.2) is 12.7 Å². The lowest BCUT2D eigenvalue weighted by Crippen LogP contribution is -2.40. The average molecular weight is 243 g/mol. The van der Waals surface area contributed by atoms with Crippen LogP contribution < -0.4 is 5.32 Å². The van der Waals surface area contributed by atoms with Gasteiger partial charge in [-0.1, -0.05) is 12.5 Å². The SMILES string of the molecule is C=CCCCCC(CO)NC(=O)OC(C)(C)C. The normalized spacial score (nSPS) is 12.9. The summed E-state index contributed by atoms with van der Waals surface area (Å²) in [5.41, 5.74) is -0.507. The number of hydrogen-bond donors (Lipinski definition) is 2. The molecule has 0 rings (SSSR count). The quantitative estimate of drug-likeness (QED) is 0.534. The highest BCUT2D eigenvalue weighted by Gasteiger charge is 2.18. The number of amides is 1. The van der Waals surface area contributed by atoms with Gasteiger partial charge < -0.3 is 15.2 Å². The molecule has 2 N–H and O–H groups in total. The second-order valence-corrected chi connectivity index (χ2v) is 5.10. The third-order valence-corrected chi connectivity index (χ3v) is 2.15. The Labute approximate surface area is 104 Å². The van der Waals surface area contributed by atoms with Gasteiger partial charge in [0.05, 0.1) is 12.6 Å². The van der Waals surface area contributed by atoms with E-state index in [1.54, 1.807) is 0 Å². The highest BCUT2D eigenvalue weighted by Crippen LogP contribution is 2.08. The van der Waals surface area contributed by atoms with Crippen molar-refractivity contribution in [3.63, 3.8) is 0 Å². The zero-order valence-electron chi connectivity index (χ0n) is 11.2. The van der Waals surface area contributed by atoms with Crippen LogP contribution in [0.4, 0.5) is 4.79 Å². The van der Waals surface area contributed by atoms with Crippen molar-refractivity contribution in [3.8, 4) is 0 Å². The molecule has 0 aliphatic carbocycles. The summed E-state index contributed by atoms with van der Waals surface area (Å²) in [4.78, 5) is 11.5. The summed E-state index contributed by atoms with van der Waals surface area (Å²) >= 11 is 0. The minimum atomic E-state index is -0.507. The molecule has 100 valence electrons. The molecule has 4 heteroatoms. The van der Waals surface area contributed by atoms with E-state index in [0.717, 1.165) is 25.7 Å². The van der Waals surface area contributed by atoms with Crippen LogP contribution in [0.2, 0.25) is 0 Å². The third kappa shape index (κ3) is 9.87. The van der Waals surface area contributed by atoms with Gasteiger partial charge in [-0.25, -0.2) is 4.79 Å². The summed E-state index contributed by atoms with van der Waals surface area (Å²) in [6.45, 7) is 9.02. The molecule has 0 aromatic carbocycles. The average Bonchev–Trinajstić information content (AvgIpc) is 2.20. The molecular formula is C13H25NO3. The van der Waals surface area contributed by atoms with Crippen molar-refractivity contribution in [1.82, 2.24) is 5.32 Å². The molecule has 0 saturated carbocycles. The second-order valence-electron chi connectivity index (χ2n) is 5.10. The Balaban J connectivity index is 3.87. The number of ether oxygens (including phenoxy) is 1. The zero-order chi connectivity index (χ0) is 13.3. The maximum absolute atomic E-state index is 11.5. The summed E-state index contributed by atoms with van der Waals surface area (Å²) in [7, 11) is 0. The minimum Gasteiger partial charge on any atom is -0.444 e. The van der Waals surface area contributed by atoms with E-state index in [1.807, 2.05) is 26.8 Å². The molecule has 0 saturated heterocycles. The third-order valence-electron chi connectivity index (χ3n) is 2.15. The van der Waals surface area contributed by atoms with Crippen LogP contribution in [0.5, 0.6) is 0 Å². The minimum absolute atomic E-state index is 0.0622. The topological polar surface area (TPSA) is 58.6 Å². The Morgan fingerprint density at radius 1 is 1.47 bits per heavy atom. The van der Waals surface area contributed by atoms with Crippen molar-refractivity contribution in [2.24, 2.45) is 0 Å². The van der Waals surface area contributed by atoms with Crippen LogP contribution in [0.25, 0.3) is 0 Å². The van der Waals surface area contributed by atoms with Gasteiger partial charge in [0.25, 0.3) is 0 Å². The lowest BCUT2D eigenvalue weighted by atomic mass is 10.1. The molecule has 0 aromatic heterocycles. The largest absolute Gasteiger partial charge is 0.444 e. The van der Waals surface area contributed by atoms with Crippen LogP contribution in [0.3, 0.4) is 0 Å². The van der Waals surface area contributed by atoms with Gasteiger partial charge >= 0.3 is 6.09 Å². The molecule has 1 amide bonds. The molecule has 0 fully saturated rings. The Hall–Kier alpha value is -1.03. The van der Waals surface area contributed by atoms with Crippen LogP contribution in [0, 0.1) is 0 Å². The van der Waals surface area contributed by atoms with Crippen molar-refractivity contribution < 1.29 is 14.6 Å². The highest BCUT2D eigenvalue weighted by molar-refractivity contribution is 5.68. The smallest absolute Gasteiger partial charge is 0.407 e. The predicted octanol–water partition coefficient (Wildman–Crippen LogP) is 2.62.